The number of aromatic nitrogens is 3. The molecule has 0 spiro atoms. The van der Waals surface area contributed by atoms with Gasteiger partial charge in [-0.2, -0.15) is 5.10 Å². The molecule has 0 bridgehead atoms. The standard InChI is InChI=1S/C20H22N4O3/c1-13-6-7-17-16(10-13)19-20(26)23(8-9-24(19)22-17)12-18(25)21-14-4-3-5-15(11-14)27-2/h3-5,8-9,11,13H,6-7,10,12H2,1-2H3,(H,21,25)/t13-/m0/s1. The lowest BCUT2D eigenvalue weighted by Crippen LogP contribution is -2.28. The highest BCUT2D eigenvalue weighted by molar-refractivity contribution is 5.90. The highest BCUT2D eigenvalue weighted by Crippen LogP contribution is 2.26. The van der Waals surface area contributed by atoms with Crippen LogP contribution in [0.2, 0.25) is 0 Å². The number of anilines is 1. The van der Waals surface area contributed by atoms with Gasteiger partial charge in [-0.05, 0) is 37.3 Å². The van der Waals surface area contributed by atoms with Crippen LogP contribution in [0.15, 0.2) is 41.5 Å². The highest BCUT2D eigenvalue weighted by atomic mass is 16.5. The van der Waals surface area contributed by atoms with Gasteiger partial charge in [0.2, 0.25) is 5.91 Å². The predicted molar refractivity (Wildman–Crippen MR) is 102 cm³/mol. The Kier molecular flexibility index (Phi) is 4.43. The molecular formula is C20H22N4O3. The zero-order chi connectivity index (χ0) is 19.0. The van der Waals surface area contributed by atoms with E-state index in [1.165, 1.54) is 4.57 Å². The van der Waals surface area contributed by atoms with Crippen molar-refractivity contribution in [3.63, 3.8) is 0 Å². The summed E-state index contributed by atoms with van der Waals surface area (Å²) >= 11 is 0. The van der Waals surface area contributed by atoms with E-state index in [2.05, 4.69) is 17.3 Å². The molecule has 0 saturated carbocycles. The SMILES string of the molecule is COc1cccc(NC(=O)Cn2ccn3nc4c(c3c2=O)C[C@@H](C)CC4)c1. The molecule has 0 unspecified atom stereocenters. The van der Waals surface area contributed by atoms with E-state index in [9.17, 15) is 9.59 Å². The average Bonchev–Trinajstić information content (AvgIpc) is 3.02. The van der Waals surface area contributed by atoms with Crippen LogP contribution in [0.3, 0.4) is 0 Å². The van der Waals surface area contributed by atoms with Crippen LogP contribution in [0.4, 0.5) is 5.69 Å². The molecule has 1 aromatic carbocycles. The summed E-state index contributed by atoms with van der Waals surface area (Å²) in [5.41, 5.74) is 3.07. The molecule has 0 saturated heterocycles. The zero-order valence-corrected chi connectivity index (χ0v) is 15.4. The number of nitrogens with zero attached hydrogens (tertiary/aromatic N) is 3. The summed E-state index contributed by atoms with van der Waals surface area (Å²) in [5, 5.41) is 7.35. The number of rotatable bonds is 4. The fraction of sp³-hybridized carbons (Fsp3) is 0.350. The van der Waals surface area contributed by atoms with Crippen LogP contribution in [0.5, 0.6) is 5.75 Å². The van der Waals surface area contributed by atoms with E-state index in [1.54, 1.807) is 48.3 Å². The first-order valence-electron chi connectivity index (χ1n) is 9.08. The maximum Gasteiger partial charge on any atom is 0.277 e. The second-order valence-electron chi connectivity index (χ2n) is 7.08. The molecule has 2 heterocycles. The molecular weight excluding hydrogens is 344 g/mol. The van der Waals surface area contributed by atoms with Gasteiger partial charge in [0.15, 0.2) is 0 Å². The van der Waals surface area contributed by atoms with Gasteiger partial charge in [0.05, 0.1) is 12.8 Å². The average molecular weight is 366 g/mol. The number of hydrogen-bond acceptors (Lipinski definition) is 4. The molecule has 2 aromatic heterocycles. The van der Waals surface area contributed by atoms with Crippen LogP contribution in [0, 0.1) is 5.92 Å². The lowest BCUT2D eigenvalue weighted by Gasteiger charge is -2.16. The molecule has 0 aliphatic heterocycles. The summed E-state index contributed by atoms with van der Waals surface area (Å²) in [5.74, 6) is 0.928. The molecule has 7 heteroatoms. The fourth-order valence-electron chi connectivity index (χ4n) is 3.63. The number of ether oxygens (including phenoxy) is 1. The summed E-state index contributed by atoms with van der Waals surface area (Å²) < 4.78 is 8.25. The van der Waals surface area contributed by atoms with E-state index in [-0.39, 0.29) is 18.0 Å². The highest BCUT2D eigenvalue weighted by Gasteiger charge is 2.23. The quantitative estimate of drug-likeness (QED) is 0.768. The predicted octanol–water partition coefficient (Wildman–Crippen LogP) is 2.27. The van der Waals surface area contributed by atoms with E-state index in [1.807, 2.05) is 0 Å². The number of carbonyl (C=O) groups excluding carboxylic acids is 1. The van der Waals surface area contributed by atoms with Crippen molar-refractivity contribution >= 4 is 17.1 Å². The van der Waals surface area contributed by atoms with E-state index < -0.39 is 0 Å². The van der Waals surface area contributed by atoms with Crippen LogP contribution in [0.1, 0.15) is 24.6 Å². The number of nitrogens with one attached hydrogen (secondary N) is 1. The Labute approximate surface area is 156 Å². The zero-order valence-electron chi connectivity index (χ0n) is 15.4. The molecule has 140 valence electrons. The van der Waals surface area contributed by atoms with Crippen molar-refractivity contribution in [1.29, 1.82) is 0 Å². The van der Waals surface area contributed by atoms with Crippen molar-refractivity contribution in [2.75, 3.05) is 12.4 Å². The first-order chi connectivity index (χ1) is 13.0. The Morgan fingerprint density at radius 1 is 1.37 bits per heavy atom. The monoisotopic (exact) mass is 366 g/mol. The van der Waals surface area contributed by atoms with Crippen molar-refractivity contribution in [1.82, 2.24) is 14.2 Å². The van der Waals surface area contributed by atoms with Gasteiger partial charge in [0.25, 0.3) is 5.56 Å². The topological polar surface area (TPSA) is 77.6 Å². The second-order valence-corrected chi connectivity index (χ2v) is 7.08. The van der Waals surface area contributed by atoms with Crippen molar-refractivity contribution in [3.8, 4) is 5.75 Å². The molecule has 4 rings (SSSR count). The number of fused-ring (bicyclic) bond motifs is 3. The smallest absolute Gasteiger partial charge is 0.277 e. The Morgan fingerprint density at radius 2 is 2.22 bits per heavy atom. The van der Waals surface area contributed by atoms with Gasteiger partial charge in [-0.1, -0.05) is 13.0 Å². The Bertz CT molecular complexity index is 1070. The first kappa shape index (κ1) is 17.3. The first-order valence-corrected chi connectivity index (χ1v) is 9.08. The molecule has 1 N–H and O–H groups in total. The number of amides is 1. The fourth-order valence-corrected chi connectivity index (χ4v) is 3.63. The van der Waals surface area contributed by atoms with Crippen molar-refractivity contribution in [3.05, 3.63) is 58.3 Å². The Balaban J connectivity index is 1.60. The van der Waals surface area contributed by atoms with Gasteiger partial charge in [-0.25, -0.2) is 4.52 Å². The maximum absolute atomic E-state index is 13.0. The lowest BCUT2D eigenvalue weighted by atomic mass is 9.88. The van der Waals surface area contributed by atoms with Gasteiger partial charge in [-0.15, -0.1) is 0 Å². The van der Waals surface area contributed by atoms with Gasteiger partial charge >= 0.3 is 0 Å². The minimum absolute atomic E-state index is 0.0535. The van der Waals surface area contributed by atoms with Crippen LogP contribution >= 0.6 is 0 Å². The van der Waals surface area contributed by atoms with E-state index in [0.717, 1.165) is 30.5 Å². The van der Waals surface area contributed by atoms with Gasteiger partial charge in [0, 0.05) is 29.7 Å². The summed E-state index contributed by atoms with van der Waals surface area (Å²) in [6.07, 6.45) is 6.21. The third kappa shape index (κ3) is 3.32. The van der Waals surface area contributed by atoms with E-state index in [0.29, 0.717) is 22.9 Å². The van der Waals surface area contributed by atoms with Gasteiger partial charge in [0.1, 0.15) is 17.8 Å². The molecule has 3 aromatic rings. The van der Waals surface area contributed by atoms with Crippen molar-refractivity contribution in [2.24, 2.45) is 5.92 Å². The van der Waals surface area contributed by atoms with Crippen LogP contribution in [-0.4, -0.2) is 27.2 Å². The van der Waals surface area contributed by atoms with Crippen LogP contribution in [0.25, 0.3) is 5.52 Å². The maximum atomic E-state index is 13.0. The van der Waals surface area contributed by atoms with Crippen LogP contribution in [-0.2, 0) is 24.2 Å². The number of aryl methyl sites for hydroxylation is 1. The van der Waals surface area contributed by atoms with E-state index >= 15 is 0 Å². The molecule has 1 atom stereocenters. The van der Waals surface area contributed by atoms with Crippen molar-refractivity contribution < 1.29 is 9.53 Å². The minimum Gasteiger partial charge on any atom is -0.497 e. The van der Waals surface area contributed by atoms with Crippen LogP contribution < -0.4 is 15.6 Å². The molecule has 1 aliphatic rings. The Hall–Kier alpha value is -3.09. The number of carbonyl (C=O) groups is 1. The molecule has 0 radical (unpaired) electrons. The summed E-state index contributed by atoms with van der Waals surface area (Å²) in [6, 6.07) is 7.12. The summed E-state index contributed by atoms with van der Waals surface area (Å²) in [6.45, 7) is 2.14. The Morgan fingerprint density at radius 3 is 3.04 bits per heavy atom. The normalized spacial score (nSPS) is 16.1. The number of hydrogen-bond donors (Lipinski definition) is 1. The summed E-state index contributed by atoms with van der Waals surface area (Å²) in [7, 11) is 1.57. The lowest BCUT2D eigenvalue weighted by molar-refractivity contribution is -0.116. The molecule has 1 amide bonds. The minimum atomic E-state index is -0.267. The van der Waals surface area contributed by atoms with Gasteiger partial charge in [-0.3, -0.25) is 9.59 Å². The third-order valence-electron chi connectivity index (χ3n) is 5.04. The van der Waals surface area contributed by atoms with Gasteiger partial charge < -0.3 is 14.6 Å². The summed E-state index contributed by atoms with van der Waals surface area (Å²) in [4.78, 5) is 25.4. The second kappa shape index (κ2) is 6.90. The molecule has 0 fully saturated rings. The largest absolute Gasteiger partial charge is 0.497 e. The number of methoxy groups -OCH3 is 1. The van der Waals surface area contributed by atoms with Crippen molar-refractivity contribution in [2.45, 2.75) is 32.7 Å². The number of benzene rings is 1. The molecule has 7 nitrogen and oxygen atoms in total. The molecule has 1 aliphatic carbocycles. The molecule has 27 heavy (non-hydrogen) atoms. The third-order valence-corrected chi connectivity index (χ3v) is 5.04. The van der Waals surface area contributed by atoms with E-state index in [4.69, 9.17) is 4.74 Å².